The summed E-state index contributed by atoms with van der Waals surface area (Å²) in [6, 6.07) is 1.51. The minimum absolute atomic E-state index is 0.0822. The number of hydrogen-bond acceptors (Lipinski definition) is 6. The van der Waals surface area contributed by atoms with Gasteiger partial charge in [-0.1, -0.05) is 26.1 Å². The summed E-state index contributed by atoms with van der Waals surface area (Å²) in [7, 11) is 2.93. The largest absolute Gasteiger partial charge is 0.481 e. The summed E-state index contributed by atoms with van der Waals surface area (Å²) in [4.78, 5) is 20.8. The Bertz CT molecular complexity index is 510. The van der Waals surface area contributed by atoms with E-state index in [9.17, 15) is 4.79 Å². The maximum atomic E-state index is 12.5. The zero-order valence-corrected chi connectivity index (χ0v) is 13.4. The van der Waals surface area contributed by atoms with Gasteiger partial charge in [-0.2, -0.15) is 9.97 Å². The maximum absolute atomic E-state index is 12.5. The normalized spacial score (nSPS) is 10.9. The van der Waals surface area contributed by atoms with Crippen LogP contribution in [0.15, 0.2) is 6.07 Å². The Morgan fingerprint density at radius 2 is 1.76 bits per heavy atom. The first-order valence-corrected chi connectivity index (χ1v) is 6.92. The van der Waals surface area contributed by atoms with Crippen molar-refractivity contribution >= 4 is 29.1 Å². The minimum Gasteiger partial charge on any atom is -0.481 e. The molecule has 1 amide bonds. The molecule has 0 aromatic carbocycles. The lowest BCUT2D eigenvalue weighted by atomic mass is 9.81. The van der Waals surface area contributed by atoms with Crippen LogP contribution < -0.4 is 20.5 Å². The molecule has 0 aliphatic carbocycles. The van der Waals surface area contributed by atoms with Crippen LogP contribution in [-0.2, 0) is 4.79 Å². The van der Waals surface area contributed by atoms with Gasteiger partial charge in [-0.3, -0.25) is 10.1 Å². The highest BCUT2D eigenvalue weighted by Gasteiger charge is 2.38. The number of rotatable bonds is 7. The molecule has 0 aliphatic rings. The lowest BCUT2D eigenvalue weighted by Gasteiger charge is -2.28. The van der Waals surface area contributed by atoms with Crippen LogP contribution in [0.3, 0.4) is 0 Å². The van der Waals surface area contributed by atoms with Crippen molar-refractivity contribution in [2.75, 3.05) is 19.5 Å². The van der Waals surface area contributed by atoms with Gasteiger partial charge in [0.1, 0.15) is 0 Å². The first kappa shape index (κ1) is 17.1. The van der Waals surface area contributed by atoms with Crippen LogP contribution in [0.25, 0.3) is 0 Å². The van der Waals surface area contributed by atoms with Crippen molar-refractivity contribution in [3.63, 3.8) is 0 Å². The number of nitrogens with one attached hydrogen (secondary N) is 1. The van der Waals surface area contributed by atoms with Gasteiger partial charge in [-0.15, -0.1) is 0 Å². The number of aromatic nitrogens is 2. The zero-order chi connectivity index (χ0) is 16.0. The second kappa shape index (κ2) is 7.16. The number of hydrogen-bond donors (Lipinski definition) is 2. The van der Waals surface area contributed by atoms with E-state index < -0.39 is 5.41 Å². The summed E-state index contributed by atoms with van der Waals surface area (Å²) >= 11 is 5.04. The molecular weight excluding hydrogens is 292 g/mol. The van der Waals surface area contributed by atoms with E-state index in [-0.39, 0.29) is 28.6 Å². The Morgan fingerprint density at radius 3 is 2.10 bits per heavy atom. The predicted molar refractivity (Wildman–Crippen MR) is 83.6 cm³/mol. The Kier molecular flexibility index (Phi) is 5.83. The molecule has 0 spiro atoms. The number of amides is 1. The molecule has 21 heavy (non-hydrogen) atoms. The van der Waals surface area contributed by atoms with E-state index >= 15 is 0 Å². The molecule has 1 aromatic heterocycles. The van der Waals surface area contributed by atoms with Gasteiger partial charge in [0, 0.05) is 0 Å². The van der Waals surface area contributed by atoms with Crippen molar-refractivity contribution in [2.24, 2.45) is 11.1 Å². The molecule has 0 unspecified atom stereocenters. The predicted octanol–water partition coefficient (Wildman–Crippen LogP) is 1.52. The van der Waals surface area contributed by atoms with E-state index in [2.05, 4.69) is 15.3 Å². The number of anilines is 1. The fourth-order valence-corrected chi connectivity index (χ4v) is 2.30. The minimum atomic E-state index is -0.922. The van der Waals surface area contributed by atoms with Gasteiger partial charge in [0.25, 0.3) is 0 Å². The monoisotopic (exact) mass is 312 g/mol. The van der Waals surface area contributed by atoms with Crippen molar-refractivity contribution < 1.29 is 14.3 Å². The number of carbonyl (C=O) groups excluding carboxylic acids is 1. The van der Waals surface area contributed by atoms with E-state index in [4.69, 9.17) is 27.4 Å². The van der Waals surface area contributed by atoms with Crippen molar-refractivity contribution in [1.82, 2.24) is 9.97 Å². The van der Waals surface area contributed by atoms with Crippen LogP contribution in [0.2, 0.25) is 0 Å². The third-order valence-electron chi connectivity index (χ3n) is 3.44. The fraction of sp³-hybridized carbons (Fsp3) is 0.538. The molecule has 8 heteroatoms. The molecule has 7 nitrogen and oxygen atoms in total. The molecule has 0 saturated carbocycles. The summed E-state index contributed by atoms with van der Waals surface area (Å²) in [5.74, 6) is 0.311. The number of ether oxygens (including phenoxy) is 2. The fourth-order valence-electron chi connectivity index (χ4n) is 1.92. The van der Waals surface area contributed by atoms with Gasteiger partial charge in [0.2, 0.25) is 23.6 Å². The van der Waals surface area contributed by atoms with E-state index in [0.29, 0.717) is 12.8 Å². The molecule has 0 saturated heterocycles. The standard InChI is InChI=1S/C13H20N4O3S/c1-5-13(6-2,10(14)21)11(18)17-12-15-8(19-3)7-9(16-12)20-4/h7H,5-6H2,1-4H3,(H2,14,21)(H,15,16,17,18). The number of methoxy groups -OCH3 is 2. The van der Waals surface area contributed by atoms with Gasteiger partial charge in [-0.25, -0.2) is 0 Å². The third-order valence-corrected chi connectivity index (χ3v) is 3.83. The lowest BCUT2D eigenvalue weighted by Crippen LogP contribution is -2.45. The SMILES string of the molecule is CCC(CC)(C(=O)Nc1nc(OC)cc(OC)n1)C(N)=S. The van der Waals surface area contributed by atoms with Gasteiger partial charge >= 0.3 is 0 Å². The van der Waals surface area contributed by atoms with Crippen molar-refractivity contribution in [3.05, 3.63) is 6.07 Å². The second-order valence-electron chi connectivity index (χ2n) is 4.38. The summed E-state index contributed by atoms with van der Waals surface area (Å²) in [6.07, 6.45) is 0.984. The number of carbonyl (C=O) groups is 1. The van der Waals surface area contributed by atoms with Gasteiger partial charge in [-0.05, 0) is 12.8 Å². The van der Waals surface area contributed by atoms with E-state index in [1.54, 1.807) is 0 Å². The van der Waals surface area contributed by atoms with Crippen LogP contribution in [0.1, 0.15) is 26.7 Å². The molecule has 116 valence electrons. The Labute approximate surface area is 129 Å². The van der Waals surface area contributed by atoms with Crippen molar-refractivity contribution in [3.8, 4) is 11.8 Å². The van der Waals surface area contributed by atoms with Gasteiger partial charge in [0.05, 0.1) is 30.7 Å². The topological polar surface area (TPSA) is 99.4 Å². The summed E-state index contributed by atoms with van der Waals surface area (Å²) in [5, 5.41) is 2.63. The van der Waals surface area contributed by atoms with Crippen LogP contribution in [0.4, 0.5) is 5.95 Å². The molecule has 1 rings (SSSR count). The maximum Gasteiger partial charge on any atom is 0.239 e. The molecule has 0 aliphatic heterocycles. The average Bonchev–Trinajstić information content (AvgIpc) is 2.48. The summed E-state index contributed by atoms with van der Waals surface area (Å²) in [5.41, 5.74) is 4.82. The van der Waals surface area contributed by atoms with Gasteiger partial charge < -0.3 is 15.2 Å². The molecule has 0 radical (unpaired) electrons. The smallest absolute Gasteiger partial charge is 0.239 e. The molecule has 1 heterocycles. The molecule has 0 bridgehead atoms. The quantitative estimate of drug-likeness (QED) is 0.736. The van der Waals surface area contributed by atoms with E-state index in [1.165, 1.54) is 20.3 Å². The van der Waals surface area contributed by atoms with Gasteiger partial charge in [0.15, 0.2) is 0 Å². The first-order chi connectivity index (χ1) is 9.93. The molecule has 3 N–H and O–H groups in total. The number of thiocarbonyl (C=S) groups is 1. The Morgan fingerprint density at radius 1 is 1.29 bits per heavy atom. The zero-order valence-electron chi connectivity index (χ0n) is 12.6. The Hall–Kier alpha value is -1.96. The number of nitrogens with zero attached hydrogens (tertiary/aromatic N) is 2. The van der Waals surface area contributed by atoms with E-state index in [0.717, 1.165) is 0 Å². The summed E-state index contributed by atoms with van der Waals surface area (Å²) in [6.45, 7) is 3.71. The lowest BCUT2D eigenvalue weighted by molar-refractivity contribution is -0.122. The van der Waals surface area contributed by atoms with Crippen LogP contribution in [0.5, 0.6) is 11.8 Å². The number of nitrogens with two attached hydrogens (primary N) is 1. The molecule has 0 atom stereocenters. The highest BCUT2D eigenvalue weighted by Crippen LogP contribution is 2.29. The van der Waals surface area contributed by atoms with Crippen LogP contribution >= 0.6 is 12.2 Å². The van der Waals surface area contributed by atoms with E-state index in [1.807, 2.05) is 13.8 Å². The average molecular weight is 312 g/mol. The Balaban J connectivity index is 3.09. The highest BCUT2D eigenvalue weighted by molar-refractivity contribution is 7.80. The molecule has 0 fully saturated rings. The van der Waals surface area contributed by atoms with Crippen LogP contribution in [0, 0.1) is 5.41 Å². The third kappa shape index (κ3) is 3.57. The van der Waals surface area contributed by atoms with Crippen molar-refractivity contribution in [2.45, 2.75) is 26.7 Å². The van der Waals surface area contributed by atoms with Crippen molar-refractivity contribution in [1.29, 1.82) is 0 Å². The molecule has 1 aromatic rings. The first-order valence-electron chi connectivity index (χ1n) is 6.51. The second-order valence-corrected chi connectivity index (χ2v) is 4.82. The summed E-state index contributed by atoms with van der Waals surface area (Å²) < 4.78 is 10.1. The molecular formula is C13H20N4O3S. The van der Waals surface area contributed by atoms with Crippen LogP contribution in [-0.4, -0.2) is 35.1 Å². The highest BCUT2D eigenvalue weighted by atomic mass is 32.1.